The molecule has 0 bridgehead atoms. The van der Waals surface area contributed by atoms with E-state index in [1.807, 2.05) is 0 Å². The Bertz CT molecular complexity index is 706. The van der Waals surface area contributed by atoms with Crippen molar-refractivity contribution in [3.05, 3.63) is 52.9 Å². The van der Waals surface area contributed by atoms with Gasteiger partial charge in [-0.25, -0.2) is 4.98 Å². The number of hydrogen-bond donors (Lipinski definition) is 0. The first-order valence-electron chi connectivity index (χ1n) is 8.03. The summed E-state index contributed by atoms with van der Waals surface area (Å²) in [7, 11) is 0. The first-order valence-corrected chi connectivity index (χ1v) is 8.40. The molecule has 0 N–H and O–H groups in total. The van der Waals surface area contributed by atoms with Crippen LogP contribution in [0.25, 0.3) is 0 Å². The number of benzene rings is 1. The van der Waals surface area contributed by atoms with Gasteiger partial charge in [-0.1, -0.05) is 23.7 Å². The Balaban J connectivity index is 1.60. The monoisotopic (exact) mass is 370 g/mol. The van der Waals surface area contributed by atoms with E-state index in [0.29, 0.717) is 11.7 Å². The summed E-state index contributed by atoms with van der Waals surface area (Å²) in [6, 6.07) is 5.38. The molecule has 1 aromatic carbocycles. The van der Waals surface area contributed by atoms with Crippen molar-refractivity contribution in [1.29, 1.82) is 0 Å². The van der Waals surface area contributed by atoms with E-state index in [-0.39, 0.29) is 0 Å². The molecular formula is C17H18ClF3N4. The number of halogens is 4. The van der Waals surface area contributed by atoms with E-state index in [9.17, 15) is 13.2 Å². The molecule has 0 aliphatic carbocycles. The Morgan fingerprint density at radius 3 is 2.44 bits per heavy atom. The number of hydrogen-bond acceptors (Lipinski definition) is 4. The average Bonchev–Trinajstić information content (AvgIpc) is 2.80. The van der Waals surface area contributed by atoms with Crippen LogP contribution in [0.5, 0.6) is 0 Å². The van der Waals surface area contributed by atoms with Crippen LogP contribution in [0.3, 0.4) is 0 Å². The zero-order chi connectivity index (χ0) is 17.9. The van der Waals surface area contributed by atoms with Gasteiger partial charge in [0.05, 0.1) is 18.0 Å². The predicted molar refractivity (Wildman–Crippen MR) is 90.6 cm³/mol. The number of anilines is 1. The topological polar surface area (TPSA) is 32.3 Å². The SMILES string of the molecule is FC(F)(F)c1ccc(CN2CCCN(c3cncc(Cl)n3)CC2)cc1. The zero-order valence-electron chi connectivity index (χ0n) is 13.5. The Morgan fingerprint density at radius 2 is 1.76 bits per heavy atom. The summed E-state index contributed by atoms with van der Waals surface area (Å²) in [6.07, 6.45) is -0.161. The van der Waals surface area contributed by atoms with E-state index in [1.165, 1.54) is 6.20 Å². The van der Waals surface area contributed by atoms with Gasteiger partial charge < -0.3 is 4.90 Å². The number of nitrogens with zero attached hydrogens (tertiary/aromatic N) is 4. The fraction of sp³-hybridized carbons (Fsp3) is 0.412. The Hall–Kier alpha value is -1.86. The molecule has 0 radical (unpaired) electrons. The lowest BCUT2D eigenvalue weighted by atomic mass is 10.1. The second-order valence-electron chi connectivity index (χ2n) is 6.01. The summed E-state index contributed by atoms with van der Waals surface area (Å²) in [5.41, 5.74) is 0.266. The second kappa shape index (κ2) is 7.58. The normalized spacial score (nSPS) is 16.7. The molecule has 2 heterocycles. The Kier molecular flexibility index (Phi) is 5.44. The number of aromatic nitrogens is 2. The largest absolute Gasteiger partial charge is 0.416 e. The summed E-state index contributed by atoms with van der Waals surface area (Å²) < 4.78 is 37.9. The lowest BCUT2D eigenvalue weighted by Crippen LogP contribution is -2.31. The van der Waals surface area contributed by atoms with Crippen LogP contribution in [0.15, 0.2) is 36.7 Å². The highest BCUT2D eigenvalue weighted by Crippen LogP contribution is 2.29. The van der Waals surface area contributed by atoms with Crippen LogP contribution in [0, 0.1) is 0 Å². The summed E-state index contributed by atoms with van der Waals surface area (Å²) in [4.78, 5) is 12.7. The van der Waals surface area contributed by atoms with Gasteiger partial charge in [-0.3, -0.25) is 9.88 Å². The molecule has 2 aromatic rings. The second-order valence-corrected chi connectivity index (χ2v) is 6.40. The highest BCUT2D eigenvalue weighted by molar-refractivity contribution is 6.29. The van der Waals surface area contributed by atoms with Crippen molar-refractivity contribution in [2.24, 2.45) is 0 Å². The van der Waals surface area contributed by atoms with Gasteiger partial charge in [-0.05, 0) is 24.1 Å². The van der Waals surface area contributed by atoms with Crippen LogP contribution in [0.4, 0.5) is 19.0 Å². The molecule has 1 aliphatic heterocycles. The van der Waals surface area contributed by atoms with Gasteiger partial charge in [0.1, 0.15) is 11.0 Å². The van der Waals surface area contributed by atoms with Crippen LogP contribution in [-0.2, 0) is 12.7 Å². The molecule has 8 heteroatoms. The third-order valence-electron chi connectivity index (χ3n) is 4.19. The van der Waals surface area contributed by atoms with E-state index < -0.39 is 11.7 Å². The average molecular weight is 371 g/mol. The van der Waals surface area contributed by atoms with Crippen LogP contribution < -0.4 is 4.90 Å². The highest BCUT2D eigenvalue weighted by Gasteiger charge is 2.30. The van der Waals surface area contributed by atoms with Gasteiger partial charge in [0.25, 0.3) is 0 Å². The van der Waals surface area contributed by atoms with Gasteiger partial charge in [0, 0.05) is 32.7 Å². The first-order chi connectivity index (χ1) is 11.9. The Labute approximate surface area is 149 Å². The third kappa shape index (κ3) is 4.83. The van der Waals surface area contributed by atoms with E-state index >= 15 is 0 Å². The molecule has 0 saturated carbocycles. The van der Waals surface area contributed by atoms with Crippen LogP contribution >= 0.6 is 11.6 Å². The van der Waals surface area contributed by atoms with Crippen LogP contribution in [0.1, 0.15) is 17.5 Å². The molecule has 0 atom stereocenters. The van der Waals surface area contributed by atoms with Crippen molar-refractivity contribution in [2.75, 3.05) is 31.1 Å². The molecule has 0 spiro atoms. The van der Waals surface area contributed by atoms with Crippen molar-refractivity contribution in [1.82, 2.24) is 14.9 Å². The predicted octanol–water partition coefficient (Wildman–Crippen LogP) is 3.86. The minimum Gasteiger partial charge on any atom is -0.354 e. The molecule has 1 fully saturated rings. The third-order valence-corrected chi connectivity index (χ3v) is 4.37. The molecule has 134 valence electrons. The fourth-order valence-electron chi connectivity index (χ4n) is 2.90. The maximum atomic E-state index is 12.6. The first kappa shape index (κ1) is 17.9. The van der Waals surface area contributed by atoms with E-state index in [1.54, 1.807) is 18.3 Å². The van der Waals surface area contributed by atoms with Gasteiger partial charge in [0.2, 0.25) is 0 Å². The van der Waals surface area contributed by atoms with Crippen molar-refractivity contribution in [2.45, 2.75) is 19.1 Å². The van der Waals surface area contributed by atoms with Crippen LogP contribution in [0.2, 0.25) is 5.15 Å². The minimum atomic E-state index is -4.29. The summed E-state index contributed by atoms with van der Waals surface area (Å²) in [5.74, 6) is 0.754. The van der Waals surface area contributed by atoms with Crippen molar-refractivity contribution in [3.8, 4) is 0 Å². The number of alkyl halides is 3. The molecule has 4 nitrogen and oxygen atoms in total. The summed E-state index contributed by atoms with van der Waals surface area (Å²) >= 11 is 5.89. The van der Waals surface area contributed by atoms with Crippen molar-refractivity contribution >= 4 is 17.4 Å². The van der Waals surface area contributed by atoms with E-state index in [0.717, 1.165) is 56.1 Å². The summed E-state index contributed by atoms with van der Waals surface area (Å²) in [5, 5.41) is 0.364. The fourth-order valence-corrected chi connectivity index (χ4v) is 3.04. The van der Waals surface area contributed by atoms with Crippen molar-refractivity contribution < 1.29 is 13.2 Å². The van der Waals surface area contributed by atoms with Gasteiger partial charge in [0.15, 0.2) is 0 Å². The number of rotatable bonds is 3. The lowest BCUT2D eigenvalue weighted by molar-refractivity contribution is -0.137. The van der Waals surface area contributed by atoms with Crippen molar-refractivity contribution in [3.63, 3.8) is 0 Å². The highest BCUT2D eigenvalue weighted by atomic mass is 35.5. The Morgan fingerprint density at radius 1 is 1.00 bits per heavy atom. The molecule has 3 rings (SSSR count). The van der Waals surface area contributed by atoms with E-state index in [2.05, 4.69) is 19.8 Å². The summed E-state index contributed by atoms with van der Waals surface area (Å²) in [6.45, 7) is 3.93. The molecule has 0 unspecified atom stereocenters. The molecular weight excluding hydrogens is 353 g/mol. The molecule has 25 heavy (non-hydrogen) atoms. The molecule has 1 aromatic heterocycles. The lowest BCUT2D eigenvalue weighted by Gasteiger charge is -2.22. The smallest absolute Gasteiger partial charge is 0.354 e. The maximum absolute atomic E-state index is 12.6. The van der Waals surface area contributed by atoms with E-state index in [4.69, 9.17) is 11.6 Å². The minimum absolute atomic E-state index is 0.364. The van der Waals surface area contributed by atoms with Gasteiger partial charge >= 0.3 is 6.18 Å². The quantitative estimate of drug-likeness (QED) is 0.821. The van der Waals surface area contributed by atoms with Gasteiger partial charge in [-0.15, -0.1) is 0 Å². The standard InChI is InChI=1S/C17H18ClF3N4/c18-15-10-22-11-16(23-15)25-7-1-6-24(8-9-25)12-13-2-4-14(5-3-13)17(19,20)21/h2-5,10-11H,1,6-9,12H2. The molecule has 0 amide bonds. The van der Waals surface area contributed by atoms with Gasteiger partial charge in [-0.2, -0.15) is 13.2 Å². The maximum Gasteiger partial charge on any atom is 0.416 e. The zero-order valence-corrected chi connectivity index (χ0v) is 14.3. The molecule has 1 saturated heterocycles. The molecule has 1 aliphatic rings. The van der Waals surface area contributed by atoms with Crippen LogP contribution in [-0.4, -0.2) is 41.0 Å².